The van der Waals surface area contributed by atoms with Gasteiger partial charge in [0.1, 0.15) is 17.5 Å². The zero-order chi connectivity index (χ0) is 19.8. The number of carbonyl (C=O) groups excluding carboxylic acids is 1. The molecule has 1 fully saturated rings. The fourth-order valence-electron chi connectivity index (χ4n) is 4.32. The summed E-state index contributed by atoms with van der Waals surface area (Å²) in [5.74, 6) is 2.56. The number of nitrogens with zero attached hydrogens (tertiary/aromatic N) is 6. The van der Waals surface area contributed by atoms with Crippen molar-refractivity contribution in [3.05, 3.63) is 24.5 Å². The van der Waals surface area contributed by atoms with E-state index in [0.29, 0.717) is 11.9 Å². The van der Waals surface area contributed by atoms with Crippen molar-refractivity contribution >= 4 is 23.2 Å². The molecule has 2 aliphatic rings. The van der Waals surface area contributed by atoms with E-state index in [9.17, 15) is 4.79 Å². The fraction of sp³-hybridized carbons (Fsp3) is 0.524. The molecule has 28 heavy (non-hydrogen) atoms. The summed E-state index contributed by atoms with van der Waals surface area (Å²) in [6, 6.07) is 4.15. The summed E-state index contributed by atoms with van der Waals surface area (Å²) < 4.78 is 0. The molecule has 0 radical (unpaired) electrons. The maximum absolute atomic E-state index is 13.0. The Balaban J connectivity index is 1.82. The molecule has 3 heterocycles. The number of pyridine rings is 1. The molecule has 1 aliphatic carbocycles. The maximum atomic E-state index is 13.0. The normalized spacial score (nSPS) is 19.9. The molecule has 2 aromatic rings. The summed E-state index contributed by atoms with van der Waals surface area (Å²) in [5.41, 5.74) is 1.73. The van der Waals surface area contributed by atoms with Crippen LogP contribution in [0.5, 0.6) is 0 Å². The second kappa shape index (κ2) is 7.37. The largest absolute Gasteiger partial charge is 0.363 e. The fourth-order valence-corrected chi connectivity index (χ4v) is 4.32. The van der Waals surface area contributed by atoms with E-state index >= 15 is 0 Å². The van der Waals surface area contributed by atoms with Crippen molar-refractivity contribution in [3.63, 3.8) is 0 Å². The van der Waals surface area contributed by atoms with Crippen LogP contribution in [0.25, 0.3) is 11.4 Å². The van der Waals surface area contributed by atoms with Gasteiger partial charge in [-0.3, -0.25) is 4.79 Å². The number of hydrogen-bond donors (Lipinski definition) is 0. The van der Waals surface area contributed by atoms with Crippen LogP contribution in [0.3, 0.4) is 0 Å². The highest BCUT2D eigenvalue weighted by Crippen LogP contribution is 2.40. The third kappa shape index (κ3) is 3.08. The van der Waals surface area contributed by atoms with E-state index in [0.717, 1.165) is 42.1 Å². The van der Waals surface area contributed by atoms with Gasteiger partial charge in [-0.05, 0) is 31.4 Å². The summed E-state index contributed by atoms with van der Waals surface area (Å²) in [6.07, 6.45) is 9.01. The van der Waals surface area contributed by atoms with Crippen LogP contribution >= 0.6 is 0 Å². The number of likely N-dealkylation sites (N-methyl/N-ethyl adjacent to an activating group) is 1. The molecule has 4 rings (SSSR count). The van der Waals surface area contributed by atoms with Gasteiger partial charge in [-0.2, -0.15) is 0 Å². The minimum atomic E-state index is -0.155. The van der Waals surface area contributed by atoms with Gasteiger partial charge in [0.05, 0.1) is 6.20 Å². The second-order valence-corrected chi connectivity index (χ2v) is 7.87. The monoisotopic (exact) mass is 380 g/mol. The lowest BCUT2D eigenvalue weighted by Crippen LogP contribution is -2.55. The number of anilines is 3. The number of fused-ring (bicyclic) bond motifs is 1. The number of aromatic nitrogens is 3. The Bertz CT molecular complexity index is 877. The Labute approximate surface area is 166 Å². The first-order valence-electron chi connectivity index (χ1n) is 10.1. The van der Waals surface area contributed by atoms with E-state index in [1.54, 1.807) is 17.3 Å². The van der Waals surface area contributed by atoms with Gasteiger partial charge < -0.3 is 14.7 Å². The van der Waals surface area contributed by atoms with Crippen LogP contribution in [0.15, 0.2) is 24.5 Å². The molecule has 1 aliphatic heterocycles. The predicted octanol–water partition coefficient (Wildman–Crippen LogP) is 3.11. The number of amides is 1. The zero-order valence-corrected chi connectivity index (χ0v) is 17.1. The summed E-state index contributed by atoms with van der Waals surface area (Å²) >= 11 is 0. The highest BCUT2D eigenvalue weighted by atomic mass is 16.2. The van der Waals surface area contributed by atoms with E-state index in [1.807, 2.05) is 38.2 Å². The molecule has 1 atom stereocenters. The van der Waals surface area contributed by atoms with Crippen LogP contribution in [-0.2, 0) is 4.79 Å². The molecule has 0 spiro atoms. The van der Waals surface area contributed by atoms with Crippen molar-refractivity contribution in [1.29, 1.82) is 0 Å². The van der Waals surface area contributed by atoms with Crippen LogP contribution in [0.4, 0.5) is 17.3 Å². The third-order valence-corrected chi connectivity index (χ3v) is 5.87. The standard InChI is InChI=1S/C21H28N6O/c1-5-16-21(28)26(4)17-13-23-19(14-10-11-22-18(12-14)25(2)3)24-20(17)27(16)15-8-6-7-9-15/h10-13,15-16H,5-9H2,1-4H3/t16-/m1/s1. The number of rotatable bonds is 4. The van der Waals surface area contributed by atoms with Crippen molar-refractivity contribution in [2.24, 2.45) is 0 Å². The minimum Gasteiger partial charge on any atom is -0.363 e. The van der Waals surface area contributed by atoms with Gasteiger partial charge in [0.15, 0.2) is 11.6 Å². The van der Waals surface area contributed by atoms with Crippen LogP contribution < -0.4 is 14.7 Å². The number of hydrogen-bond acceptors (Lipinski definition) is 6. The van der Waals surface area contributed by atoms with E-state index < -0.39 is 0 Å². The van der Waals surface area contributed by atoms with Gasteiger partial charge in [-0.1, -0.05) is 19.8 Å². The highest BCUT2D eigenvalue weighted by molar-refractivity contribution is 6.04. The Hall–Kier alpha value is -2.70. The molecule has 1 amide bonds. The molecule has 7 nitrogen and oxygen atoms in total. The van der Waals surface area contributed by atoms with E-state index in [2.05, 4.69) is 21.8 Å². The molecule has 7 heteroatoms. The molecule has 0 aromatic carbocycles. The molecule has 2 aromatic heterocycles. The zero-order valence-electron chi connectivity index (χ0n) is 17.1. The summed E-state index contributed by atoms with van der Waals surface area (Å²) in [4.78, 5) is 32.9. The smallest absolute Gasteiger partial charge is 0.249 e. The van der Waals surface area contributed by atoms with Crippen LogP contribution in [0.1, 0.15) is 39.0 Å². The summed E-state index contributed by atoms with van der Waals surface area (Å²) in [6.45, 7) is 2.08. The maximum Gasteiger partial charge on any atom is 0.249 e. The topological polar surface area (TPSA) is 65.5 Å². The van der Waals surface area contributed by atoms with Gasteiger partial charge >= 0.3 is 0 Å². The molecular weight excluding hydrogens is 352 g/mol. The third-order valence-electron chi connectivity index (χ3n) is 5.87. The van der Waals surface area contributed by atoms with Gasteiger partial charge in [0.2, 0.25) is 5.91 Å². The Morgan fingerprint density at radius 2 is 1.96 bits per heavy atom. The molecule has 1 saturated carbocycles. The van der Waals surface area contributed by atoms with Crippen molar-refractivity contribution in [2.75, 3.05) is 35.8 Å². The van der Waals surface area contributed by atoms with E-state index in [1.165, 1.54) is 12.8 Å². The van der Waals surface area contributed by atoms with Crippen molar-refractivity contribution in [2.45, 2.75) is 51.1 Å². The van der Waals surface area contributed by atoms with E-state index in [-0.39, 0.29) is 11.9 Å². The quantitative estimate of drug-likeness (QED) is 0.812. The minimum absolute atomic E-state index is 0.136. The molecular formula is C21H28N6O. The Morgan fingerprint density at radius 3 is 2.64 bits per heavy atom. The van der Waals surface area contributed by atoms with Gasteiger partial charge in [0, 0.05) is 38.9 Å². The molecule has 0 unspecified atom stereocenters. The Morgan fingerprint density at radius 1 is 1.21 bits per heavy atom. The first-order valence-corrected chi connectivity index (χ1v) is 10.1. The van der Waals surface area contributed by atoms with E-state index in [4.69, 9.17) is 4.98 Å². The van der Waals surface area contributed by atoms with Gasteiger partial charge in [-0.25, -0.2) is 15.0 Å². The predicted molar refractivity (Wildman–Crippen MR) is 112 cm³/mol. The first-order chi connectivity index (χ1) is 13.5. The molecule has 0 saturated heterocycles. The lowest BCUT2D eigenvalue weighted by molar-refractivity contribution is -0.120. The van der Waals surface area contributed by atoms with Crippen molar-refractivity contribution in [1.82, 2.24) is 15.0 Å². The van der Waals surface area contributed by atoms with Crippen molar-refractivity contribution in [3.8, 4) is 11.4 Å². The van der Waals surface area contributed by atoms with Gasteiger partial charge in [-0.15, -0.1) is 0 Å². The average Bonchev–Trinajstić information content (AvgIpc) is 3.24. The van der Waals surface area contributed by atoms with Crippen LogP contribution in [0.2, 0.25) is 0 Å². The lowest BCUT2D eigenvalue weighted by Gasteiger charge is -2.43. The van der Waals surface area contributed by atoms with Crippen LogP contribution in [0, 0.1) is 0 Å². The lowest BCUT2D eigenvalue weighted by atomic mass is 10.0. The Kier molecular flexibility index (Phi) is 4.91. The first kappa shape index (κ1) is 18.7. The summed E-state index contributed by atoms with van der Waals surface area (Å²) in [5, 5.41) is 0. The summed E-state index contributed by atoms with van der Waals surface area (Å²) in [7, 11) is 5.76. The molecule has 0 bridgehead atoms. The van der Waals surface area contributed by atoms with Gasteiger partial charge in [0.25, 0.3) is 0 Å². The SMILES string of the molecule is CC[C@@H]1C(=O)N(C)c2cnc(-c3ccnc(N(C)C)c3)nc2N1C1CCCC1. The van der Waals surface area contributed by atoms with Crippen LogP contribution in [-0.4, -0.2) is 54.1 Å². The second-order valence-electron chi connectivity index (χ2n) is 7.87. The molecule has 148 valence electrons. The molecule has 0 N–H and O–H groups in total. The van der Waals surface area contributed by atoms with Crippen molar-refractivity contribution < 1.29 is 4.79 Å². The number of carbonyl (C=O) groups is 1. The highest BCUT2D eigenvalue weighted by Gasteiger charge is 2.41. The average molecular weight is 380 g/mol.